The van der Waals surface area contributed by atoms with Crippen LogP contribution in [0.5, 0.6) is 0 Å². The number of carbonyl (C=O) groups is 1. The lowest BCUT2D eigenvalue weighted by Gasteiger charge is -2.07. The van der Waals surface area contributed by atoms with Gasteiger partial charge in [-0.25, -0.2) is 0 Å². The molecule has 0 spiro atoms. The third-order valence-electron chi connectivity index (χ3n) is 2.34. The van der Waals surface area contributed by atoms with Gasteiger partial charge in [0.1, 0.15) is 0 Å². The molecule has 0 bridgehead atoms. The van der Waals surface area contributed by atoms with E-state index in [0.717, 1.165) is 0 Å². The van der Waals surface area contributed by atoms with Crippen LogP contribution < -0.4 is 5.32 Å². The number of amides is 1. The minimum Gasteiger partial charge on any atom is -0.459 e. The van der Waals surface area contributed by atoms with Crippen molar-refractivity contribution >= 4 is 17.5 Å². The number of furan rings is 1. The smallest absolute Gasteiger partial charge is 0.287 e. The van der Waals surface area contributed by atoms with Gasteiger partial charge in [0.2, 0.25) is 0 Å². The van der Waals surface area contributed by atoms with Crippen LogP contribution in [-0.2, 0) is 0 Å². The van der Waals surface area contributed by atoms with Crippen LogP contribution in [0.1, 0.15) is 23.4 Å². The van der Waals surface area contributed by atoms with Gasteiger partial charge in [-0.2, -0.15) is 0 Å². The lowest BCUT2D eigenvalue weighted by atomic mass is 10.3. The van der Waals surface area contributed by atoms with Crippen LogP contribution >= 0.6 is 11.6 Å². The minimum absolute atomic E-state index is 0.0638. The van der Waals surface area contributed by atoms with E-state index in [9.17, 15) is 4.79 Å². The largest absolute Gasteiger partial charge is 0.459 e. The number of hydrogen-bond acceptors (Lipinski definition) is 2. The molecule has 1 aromatic rings. The molecule has 1 heterocycles. The first-order valence-electron chi connectivity index (χ1n) is 4.73. The van der Waals surface area contributed by atoms with E-state index in [4.69, 9.17) is 16.0 Å². The van der Waals surface area contributed by atoms with E-state index in [2.05, 4.69) is 5.32 Å². The standard InChI is InChI=1S/C10H12ClNO2/c11-8(7-3-4-7)6-12-10(13)9-2-1-5-14-9/h1-2,5,7-8H,3-4,6H2,(H,12,13). The molecule has 1 N–H and O–H groups in total. The third-order valence-corrected chi connectivity index (χ3v) is 2.85. The molecule has 1 saturated carbocycles. The van der Waals surface area contributed by atoms with Crippen LogP contribution in [0.15, 0.2) is 22.8 Å². The molecule has 1 aliphatic carbocycles. The fourth-order valence-electron chi connectivity index (χ4n) is 1.31. The summed E-state index contributed by atoms with van der Waals surface area (Å²) in [5, 5.41) is 2.81. The zero-order chi connectivity index (χ0) is 9.97. The highest BCUT2D eigenvalue weighted by Gasteiger charge is 2.29. The molecular weight excluding hydrogens is 202 g/mol. The molecule has 14 heavy (non-hydrogen) atoms. The van der Waals surface area contributed by atoms with E-state index in [0.29, 0.717) is 18.2 Å². The van der Waals surface area contributed by atoms with Crippen LogP contribution in [0, 0.1) is 5.92 Å². The van der Waals surface area contributed by atoms with Gasteiger partial charge in [-0.1, -0.05) is 0 Å². The first-order valence-corrected chi connectivity index (χ1v) is 5.17. The molecule has 1 amide bonds. The molecule has 3 nitrogen and oxygen atoms in total. The second-order valence-corrected chi connectivity index (χ2v) is 4.10. The maximum absolute atomic E-state index is 11.4. The van der Waals surface area contributed by atoms with Gasteiger partial charge in [0.05, 0.1) is 11.6 Å². The molecule has 0 saturated heterocycles. The van der Waals surface area contributed by atoms with E-state index < -0.39 is 0 Å². The lowest BCUT2D eigenvalue weighted by Crippen LogP contribution is -2.30. The highest BCUT2D eigenvalue weighted by molar-refractivity contribution is 6.21. The van der Waals surface area contributed by atoms with E-state index in [1.165, 1.54) is 19.1 Å². The van der Waals surface area contributed by atoms with Crippen LogP contribution in [0.25, 0.3) is 0 Å². The van der Waals surface area contributed by atoms with Crippen molar-refractivity contribution in [2.45, 2.75) is 18.2 Å². The molecule has 0 aliphatic heterocycles. The monoisotopic (exact) mass is 213 g/mol. The summed E-state index contributed by atoms with van der Waals surface area (Å²) in [5.41, 5.74) is 0. The molecule has 0 aromatic carbocycles. The third kappa shape index (κ3) is 2.29. The number of rotatable bonds is 4. The maximum Gasteiger partial charge on any atom is 0.287 e. The Hall–Kier alpha value is -0.960. The number of halogens is 1. The number of hydrogen-bond donors (Lipinski definition) is 1. The highest BCUT2D eigenvalue weighted by atomic mass is 35.5. The highest BCUT2D eigenvalue weighted by Crippen LogP contribution is 2.35. The topological polar surface area (TPSA) is 42.2 Å². The average Bonchev–Trinajstić information content (AvgIpc) is 2.90. The number of nitrogens with one attached hydrogen (secondary N) is 1. The van der Waals surface area contributed by atoms with Gasteiger partial charge >= 0.3 is 0 Å². The summed E-state index contributed by atoms with van der Waals surface area (Å²) in [7, 11) is 0. The molecule has 1 unspecified atom stereocenters. The molecular formula is C10H12ClNO2. The van der Waals surface area contributed by atoms with Crippen molar-refractivity contribution in [2.75, 3.05) is 6.54 Å². The summed E-state index contributed by atoms with van der Waals surface area (Å²) in [4.78, 5) is 11.4. The Kier molecular flexibility index (Phi) is 2.77. The minimum atomic E-state index is -0.193. The number of alkyl halides is 1. The zero-order valence-electron chi connectivity index (χ0n) is 7.70. The second-order valence-electron chi connectivity index (χ2n) is 3.54. The van der Waals surface area contributed by atoms with Gasteiger partial charge in [-0.3, -0.25) is 4.79 Å². The predicted octanol–water partition coefficient (Wildman–Crippen LogP) is 2.03. The van der Waals surface area contributed by atoms with Crippen LogP contribution in [0.3, 0.4) is 0 Å². The summed E-state index contributed by atoms with van der Waals surface area (Å²) >= 11 is 6.04. The van der Waals surface area contributed by atoms with Crippen LogP contribution in [-0.4, -0.2) is 17.8 Å². The Labute approximate surface area is 87.4 Å². The Balaban J connectivity index is 1.77. The van der Waals surface area contributed by atoms with Crippen molar-refractivity contribution in [3.8, 4) is 0 Å². The van der Waals surface area contributed by atoms with Crippen molar-refractivity contribution in [3.63, 3.8) is 0 Å². The number of carbonyl (C=O) groups excluding carboxylic acids is 1. The van der Waals surface area contributed by atoms with Crippen molar-refractivity contribution in [1.29, 1.82) is 0 Å². The van der Waals surface area contributed by atoms with Gasteiger partial charge in [-0.15, -0.1) is 11.6 Å². The van der Waals surface area contributed by atoms with Crippen LogP contribution in [0.4, 0.5) is 0 Å². The quantitative estimate of drug-likeness (QED) is 0.778. The van der Waals surface area contributed by atoms with Crippen molar-refractivity contribution in [3.05, 3.63) is 24.2 Å². The normalized spacial score (nSPS) is 17.8. The molecule has 4 heteroatoms. The van der Waals surface area contributed by atoms with Crippen molar-refractivity contribution < 1.29 is 9.21 Å². The zero-order valence-corrected chi connectivity index (χ0v) is 8.46. The SMILES string of the molecule is O=C(NCC(Cl)C1CC1)c1ccco1. The van der Waals surface area contributed by atoms with Gasteiger partial charge < -0.3 is 9.73 Å². The Bertz CT molecular complexity index is 306. The van der Waals surface area contributed by atoms with E-state index in [-0.39, 0.29) is 11.3 Å². The molecule has 1 aliphatic rings. The summed E-state index contributed by atoms with van der Waals surface area (Å²) in [5.74, 6) is 0.736. The average molecular weight is 214 g/mol. The molecule has 2 rings (SSSR count). The van der Waals surface area contributed by atoms with Gasteiger partial charge in [-0.05, 0) is 30.9 Å². The lowest BCUT2D eigenvalue weighted by molar-refractivity contribution is 0.0925. The summed E-state index contributed by atoms with van der Waals surface area (Å²) in [6.07, 6.45) is 3.85. The van der Waals surface area contributed by atoms with Crippen molar-refractivity contribution in [1.82, 2.24) is 5.32 Å². The van der Waals surface area contributed by atoms with E-state index in [1.807, 2.05) is 0 Å². The maximum atomic E-state index is 11.4. The Morgan fingerprint density at radius 3 is 3.07 bits per heavy atom. The van der Waals surface area contributed by atoms with E-state index in [1.54, 1.807) is 12.1 Å². The summed E-state index contributed by atoms with van der Waals surface area (Å²) in [6.45, 7) is 0.520. The van der Waals surface area contributed by atoms with Gasteiger partial charge in [0, 0.05) is 6.54 Å². The molecule has 1 fully saturated rings. The molecule has 0 radical (unpaired) electrons. The molecule has 1 aromatic heterocycles. The molecule has 1 atom stereocenters. The fraction of sp³-hybridized carbons (Fsp3) is 0.500. The molecule has 76 valence electrons. The first-order chi connectivity index (χ1) is 6.77. The summed E-state index contributed by atoms with van der Waals surface area (Å²) < 4.78 is 4.95. The van der Waals surface area contributed by atoms with Gasteiger partial charge in [0.15, 0.2) is 5.76 Å². The first kappa shape index (κ1) is 9.59. The second kappa shape index (κ2) is 4.05. The van der Waals surface area contributed by atoms with E-state index >= 15 is 0 Å². The van der Waals surface area contributed by atoms with Crippen molar-refractivity contribution in [2.24, 2.45) is 5.92 Å². The fourth-order valence-corrected chi connectivity index (χ4v) is 1.64. The summed E-state index contributed by atoms with van der Waals surface area (Å²) in [6, 6.07) is 3.32. The predicted molar refractivity (Wildman–Crippen MR) is 53.4 cm³/mol. The Morgan fingerprint density at radius 1 is 1.71 bits per heavy atom. The van der Waals surface area contributed by atoms with Gasteiger partial charge in [0.25, 0.3) is 5.91 Å². The van der Waals surface area contributed by atoms with Crippen LogP contribution in [0.2, 0.25) is 0 Å². The Morgan fingerprint density at radius 2 is 2.50 bits per heavy atom.